The van der Waals surface area contributed by atoms with E-state index in [9.17, 15) is 9.59 Å². The number of thioether (sulfide) groups is 1. The van der Waals surface area contributed by atoms with Crippen LogP contribution in [-0.2, 0) is 0 Å². The van der Waals surface area contributed by atoms with Crippen LogP contribution in [0.1, 0.15) is 10.4 Å². The van der Waals surface area contributed by atoms with Crippen LogP contribution >= 0.6 is 46.3 Å². The maximum atomic E-state index is 13.1. The van der Waals surface area contributed by atoms with Gasteiger partial charge >= 0.3 is 0 Å². The lowest BCUT2D eigenvalue weighted by molar-refractivity contribution is 0.102. The van der Waals surface area contributed by atoms with Crippen molar-refractivity contribution in [1.29, 1.82) is 0 Å². The number of rotatable bonds is 5. The van der Waals surface area contributed by atoms with Crippen LogP contribution < -0.4 is 5.56 Å². The molecule has 4 rings (SSSR count). The third kappa shape index (κ3) is 3.61. The molecule has 2 aromatic carbocycles. The number of carbonyl (C=O) groups is 1. The minimum atomic E-state index is -0.237. The number of fused-ring (bicyclic) bond motifs is 1. The van der Waals surface area contributed by atoms with E-state index in [1.807, 2.05) is 23.6 Å². The van der Waals surface area contributed by atoms with Crippen molar-refractivity contribution in [1.82, 2.24) is 9.55 Å². The van der Waals surface area contributed by atoms with Gasteiger partial charge in [0.05, 0.1) is 27.0 Å². The average molecular weight is 447 g/mol. The number of hydrogen-bond donors (Lipinski definition) is 0. The summed E-state index contributed by atoms with van der Waals surface area (Å²) >= 11 is 15.0. The van der Waals surface area contributed by atoms with Gasteiger partial charge in [-0.1, -0.05) is 71.4 Å². The summed E-state index contributed by atoms with van der Waals surface area (Å²) in [6, 6.07) is 15.9. The van der Waals surface area contributed by atoms with Crippen LogP contribution in [0, 0.1) is 0 Å². The summed E-state index contributed by atoms with van der Waals surface area (Å²) in [5.74, 6) is 0.0959. The van der Waals surface area contributed by atoms with Crippen LogP contribution in [-0.4, -0.2) is 21.1 Å². The third-order valence-corrected chi connectivity index (χ3v) is 6.69. The highest BCUT2D eigenvalue weighted by Crippen LogP contribution is 2.31. The molecule has 28 heavy (non-hydrogen) atoms. The number of hydrogen-bond acceptors (Lipinski definition) is 5. The first-order chi connectivity index (χ1) is 13.6. The number of aromatic nitrogens is 2. The van der Waals surface area contributed by atoms with E-state index in [1.54, 1.807) is 36.4 Å². The first-order valence-electron chi connectivity index (χ1n) is 8.22. The van der Waals surface area contributed by atoms with Crippen LogP contribution in [0.4, 0.5) is 0 Å². The van der Waals surface area contributed by atoms with E-state index < -0.39 is 0 Å². The van der Waals surface area contributed by atoms with Gasteiger partial charge in [-0.3, -0.25) is 14.2 Å². The lowest BCUT2D eigenvalue weighted by atomic mass is 10.2. The zero-order chi connectivity index (χ0) is 19.7. The standard InChI is InChI=1S/C20H12Cl2N2O2S2/c21-13-7-4-8-15(17(13)22)24-19(26)18-14(9-10-27-18)23-20(24)28-11-16(25)12-5-2-1-3-6-12/h1-10H,11H2. The van der Waals surface area contributed by atoms with Gasteiger partial charge in [-0.2, -0.15) is 0 Å². The number of benzene rings is 2. The van der Waals surface area contributed by atoms with Crippen molar-refractivity contribution in [3.8, 4) is 5.69 Å². The predicted octanol–water partition coefficient (Wildman–Crippen LogP) is 5.73. The van der Waals surface area contributed by atoms with Crippen molar-refractivity contribution >= 4 is 62.3 Å². The lowest BCUT2D eigenvalue weighted by Crippen LogP contribution is -2.21. The van der Waals surface area contributed by atoms with E-state index in [1.165, 1.54) is 27.7 Å². The fraction of sp³-hybridized carbons (Fsp3) is 0.0500. The van der Waals surface area contributed by atoms with Crippen molar-refractivity contribution in [2.75, 3.05) is 5.75 Å². The Morgan fingerprint density at radius 3 is 2.64 bits per heavy atom. The van der Waals surface area contributed by atoms with Gasteiger partial charge in [-0.25, -0.2) is 4.98 Å². The molecule has 4 aromatic rings. The monoisotopic (exact) mass is 446 g/mol. The van der Waals surface area contributed by atoms with Crippen molar-refractivity contribution in [3.05, 3.63) is 85.9 Å². The highest BCUT2D eigenvalue weighted by Gasteiger charge is 2.18. The van der Waals surface area contributed by atoms with Gasteiger partial charge in [0, 0.05) is 5.56 Å². The highest BCUT2D eigenvalue weighted by atomic mass is 35.5. The Kier molecular flexibility index (Phi) is 5.55. The molecule has 0 amide bonds. The Labute approximate surface area is 178 Å². The summed E-state index contributed by atoms with van der Waals surface area (Å²) in [6.45, 7) is 0. The first kappa shape index (κ1) is 19.2. The fourth-order valence-electron chi connectivity index (χ4n) is 2.70. The zero-order valence-corrected chi connectivity index (χ0v) is 17.4. The van der Waals surface area contributed by atoms with E-state index in [2.05, 4.69) is 4.98 Å². The molecule has 8 heteroatoms. The van der Waals surface area contributed by atoms with Crippen molar-refractivity contribution in [2.45, 2.75) is 5.16 Å². The molecule has 0 atom stereocenters. The van der Waals surface area contributed by atoms with Crippen LogP contribution in [0.15, 0.2) is 69.9 Å². The number of ketones is 1. The van der Waals surface area contributed by atoms with E-state index in [0.717, 1.165) is 0 Å². The van der Waals surface area contributed by atoms with E-state index in [4.69, 9.17) is 23.2 Å². The average Bonchev–Trinajstić information content (AvgIpc) is 3.18. The maximum absolute atomic E-state index is 13.1. The van der Waals surface area contributed by atoms with Crippen LogP contribution in [0.2, 0.25) is 10.0 Å². The number of Topliss-reactive ketones (excluding diaryl/α,β-unsaturated/α-hetero) is 1. The summed E-state index contributed by atoms with van der Waals surface area (Å²) in [5, 5.41) is 2.81. The smallest absolute Gasteiger partial charge is 0.276 e. The molecular weight excluding hydrogens is 435 g/mol. The number of halogens is 2. The van der Waals surface area contributed by atoms with Gasteiger partial charge in [0.25, 0.3) is 5.56 Å². The normalized spacial score (nSPS) is 11.1. The van der Waals surface area contributed by atoms with Crippen LogP contribution in [0.3, 0.4) is 0 Å². The van der Waals surface area contributed by atoms with E-state index >= 15 is 0 Å². The molecule has 2 aromatic heterocycles. The molecule has 0 aliphatic carbocycles. The van der Waals surface area contributed by atoms with E-state index in [0.29, 0.717) is 31.6 Å². The molecule has 0 fully saturated rings. The Bertz CT molecular complexity index is 1240. The highest BCUT2D eigenvalue weighted by molar-refractivity contribution is 7.99. The summed E-state index contributed by atoms with van der Waals surface area (Å²) < 4.78 is 1.95. The van der Waals surface area contributed by atoms with Gasteiger partial charge in [0.2, 0.25) is 0 Å². The molecule has 0 spiro atoms. The second-order valence-corrected chi connectivity index (χ2v) is 8.46. The van der Waals surface area contributed by atoms with Gasteiger partial charge in [-0.15, -0.1) is 11.3 Å². The topological polar surface area (TPSA) is 52.0 Å². The summed E-state index contributed by atoms with van der Waals surface area (Å²) in [7, 11) is 0. The maximum Gasteiger partial charge on any atom is 0.276 e. The quantitative estimate of drug-likeness (QED) is 0.223. The molecule has 0 bridgehead atoms. The van der Waals surface area contributed by atoms with Gasteiger partial charge in [-0.05, 0) is 23.6 Å². The Hall–Kier alpha value is -2.12. The van der Waals surface area contributed by atoms with Crippen molar-refractivity contribution in [2.24, 2.45) is 0 Å². The lowest BCUT2D eigenvalue weighted by Gasteiger charge is -2.13. The Morgan fingerprint density at radius 1 is 1.07 bits per heavy atom. The molecule has 0 N–H and O–H groups in total. The molecule has 0 unspecified atom stereocenters. The molecule has 0 saturated carbocycles. The second-order valence-electron chi connectivity index (χ2n) is 5.82. The second kappa shape index (κ2) is 8.09. The summed E-state index contributed by atoms with van der Waals surface area (Å²) in [6.07, 6.45) is 0. The molecular formula is C20H12Cl2N2O2S2. The van der Waals surface area contributed by atoms with Gasteiger partial charge in [0.15, 0.2) is 10.9 Å². The third-order valence-electron chi connectivity index (χ3n) is 4.05. The minimum absolute atomic E-state index is 0.0472. The molecule has 0 saturated heterocycles. The molecule has 0 aliphatic heterocycles. The zero-order valence-electron chi connectivity index (χ0n) is 14.3. The summed E-state index contributed by atoms with van der Waals surface area (Å²) in [4.78, 5) is 30.2. The molecule has 4 nitrogen and oxygen atoms in total. The SMILES string of the molecule is O=C(CSc1nc2ccsc2c(=O)n1-c1cccc(Cl)c1Cl)c1ccccc1. The first-order valence-corrected chi connectivity index (χ1v) is 10.8. The number of thiophene rings is 1. The molecule has 0 radical (unpaired) electrons. The van der Waals surface area contributed by atoms with Crippen LogP contribution in [0.25, 0.3) is 15.9 Å². The summed E-state index contributed by atoms with van der Waals surface area (Å²) in [5.41, 5.74) is 1.41. The molecule has 0 aliphatic rings. The number of carbonyl (C=O) groups excluding carboxylic acids is 1. The van der Waals surface area contributed by atoms with Crippen molar-refractivity contribution in [3.63, 3.8) is 0 Å². The molecule has 2 heterocycles. The van der Waals surface area contributed by atoms with Crippen molar-refractivity contribution < 1.29 is 4.79 Å². The predicted molar refractivity (Wildman–Crippen MR) is 117 cm³/mol. The Morgan fingerprint density at radius 2 is 1.86 bits per heavy atom. The van der Waals surface area contributed by atoms with Crippen LogP contribution in [0.5, 0.6) is 0 Å². The minimum Gasteiger partial charge on any atom is -0.293 e. The molecule has 140 valence electrons. The van der Waals surface area contributed by atoms with E-state index in [-0.39, 0.29) is 22.1 Å². The Balaban J connectivity index is 1.80. The largest absolute Gasteiger partial charge is 0.293 e. The fourth-order valence-corrected chi connectivity index (χ4v) is 4.74. The number of nitrogens with zero attached hydrogens (tertiary/aromatic N) is 2. The van der Waals surface area contributed by atoms with Gasteiger partial charge < -0.3 is 0 Å². The van der Waals surface area contributed by atoms with Gasteiger partial charge in [0.1, 0.15) is 4.70 Å².